The number of aliphatic hydroxyl groups is 10. The number of aldehydes is 2. The number of carbonyl (C=O) groups excluding carboxylic acids is 4. The second-order valence-corrected chi connectivity index (χ2v) is 13.2. The summed E-state index contributed by atoms with van der Waals surface area (Å²) >= 11 is 0. The Labute approximate surface area is 375 Å². The molecule has 0 unspecified atom stereocenters. The number of aliphatic carboxylic acids is 2. The Bertz CT molecular complexity index is 1610. The maximum absolute atomic E-state index is 10.7. The summed E-state index contributed by atoms with van der Waals surface area (Å²) in [5.74, 6) is -4.67. The van der Waals surface area contributed by atoms with Gasteiger partial charge in [0.1, 0.15) is 60.3 Å². The van der Waals surface area contributed by atoms with Crippen LogP contribution in [-0.2, 0) is 92.2 Å². The van der Waals surface area contributed by atoms with Crippen LogP contribution < -0.4 is 29.8 Å². The second-order valence-electron chi connectivity index (χ2n) is 10.9. The van der Waals surface area contributed by atoms with Crippen LogP contribution in [0.15, 0.2) is 12.4 Å². The van der Waals surface area contributed by atoms with Crippen molar-refractivity contribution >= 4 is 40.2 Å². The molecule has 33 heteroatoms. The van der Waals surface area contributed by atoms with Crippen LogP contribution in [0.2, 0.25) is 0 Å². The smallest absolute Gasteiger partial charge is 0.790 e. The largest absolute Gasteiger partial charge is 2.00 e. The summed E-state index contributed by atoms with van der Waals surface area (Å²) in [7, 11) is -10.2. The van der Waals surface area contributed by atoms with Gasteiger partial charge in [0.2, 0.25) is 0 Å². The Balaban J connectivity index is -0.000000226. The number of rotatable bonds is 18. The molecule has 61 heavy (non-hydrogen) atoms. The number of carbonyl (C=O) groups is 4. The first kappa shape index (κ1) is 67.6. The zero-order valence-electron chi connectivity index (χ0n) is 30.5. The normalized spacial score (nSPS) is 14.7. The summed E-state index contributed by atoms with van der Waals surface area (Å²) in [5, 5.41) is 126. The predicted molar refractivity (Wildman–Crippen MR) is 169 cm³/mol. The molecule has 0 aliphatic heterocycles. The molecular formula is C28H38Cu3N2O26P2. The summed E-state index contributed by atoms with van der Waals surface area (Å²) in [5.41, 5.74) is 0.230. The number of aliphatic hydroxyl groups excluding tert-OH is 10. The van der Waals surface area contributed by atoms with E-state index in [1.54, 1.807) is 0 Å². The first-order chi connectivity index (χ1) is 26.5. The predicted octanol–water partition coefficient (Wildman–Crippen LogP) is -11.2. The number of pyridine rings is 2. The minimum atomic E-state index is -5.11. The molecule has 0 fully saturated rings. The molecule has 2 aromatic heterocycles. The minimum Gasteiger partial charge on any atom is -0.790 e. The number of hydrogen-bond donors (Lipinski definition) is 12. The van der Waals surface area contributed by atoms with Gasteiger partial charge < -0.3 is 119 Å². The molecule has 8 atom stereocenters. The van der Waals surface area contributed by atoms with Crippen molar-refractivity contribution in [3.63, 3.8) is 0 Å². The van der Waals surface area contributed by atoms with Crippen LogP contribution in [0.25, 0.3) is 0 Å². The van der Waals surface area contributed by atoms with Gasteiger partial charge in [-0.25, -0.2) is 0 Å². The molecule has 0 spiro atoms. The molecule has 0 saturated heterocycles. The van der Waals surface area contributed by atoms with Crippen LogP contribution in [0, 0.1) is 13.8 Å². The van der Waals surface area contributed by atoms with Gasteiger partial charge in [0.05, 0.1) is 76.5 Å². The van der Waals surface area contributed by atoms with E-state index >= 15 is 0 Å². The number of carboxylic acid groups (broad SMARTS) is 2. The molecule has 359 valence electrons. The average molecular weight is 1070 g/mol. The van der Waals surface area contributed by atoms with Gasteiger partial charge in [-0.1, -0.05) is 0 Å². The molecule has 3 radical (unpaired) electrons. The van der Waals surface area contributed by atoms with E-state index in [0.29, 0.717) is 12.6 Å². The number of hydrogen-bond acceptors (Lipinski definition) is 28. The first-order valence-corrected chi connectivity index (χ1v) is 18.1. The molecule has 0 aliphatic rings. The standard InChI is InChI=1S/2C8H10NO6P.2C6H12O7.3Cu/c2*1-5-8(11)7(3-10)6(2-9-5)4-15-16(12,13)14;2*7-1-2(8)3(9)4(10)5(11)6(12)13;;;/h2*2-3,11H,4H2,1H3,(H2,12,13,14);2*2-5,7-11H,1H2,(H,12,13);;;/q;;;;3*+2/p-6/t;;2*2-,3-,4+,5-;;;/m..11.../s1. The Kier molecular flexibility index (Phi) is 35.8. The molecule has 2 heterocycles. The third-order valence-corrected chi connectivity index (χ3v) is 7.59. The van der Waals surface area contributed by atoms with Crippen LogP contribution in [-0.4, -0.2) is 158 Å². The monoisotopic (exact) mass is 1070 g/mol. The first-order valence-electron chi connectivity index (χ1n) is 15.2. The Morgan fingerprint density at radius 3 is 1.08 bits per heavy atom. The second kappa shape index (κ2) is 32.3. The van der Waals surface area contributed by atoms with E-state index in [0.717, 1.165) is 12.4 Å². The van der Waals surface area contributed by atoms with Crippen molar-refractivity contribution in [3.8, 4) is 11.5 Å². The Morgan fingerprint density at radius 1 is 0.623 bits per heavy atom. The number of phosphoric acid groups is 2. The summed E-state index contributed by atoms with van der Waals surface area (Å²) < 4.78 is 28.4. The van der Waals surface area contributed by atoms with E-state index in [-0.39, 0.29) is 96.3 Å². The van der Waals surface area contributed by atoms with Crippen molar-refractivity contribution in [2.45, 2.75) is 75.9 Å². The van der Waals surface area contributed by atoms with Gasteiger partial charge in [0.25, 0.3) is 0 Å². The maximum atomic E-state index is 10.7. The molecule has 0 saturated carbocycles. The molecule has 0 amide bonds. The maximum Gasteiger partial charge on any atom is 2.00 e. The van der Waals surface area contributed by atoms with Gasteiger partial charge in [-0.15, -0.1) is 0 Å². The van der Waals surface area contributed by atoms with Crippen LogP contribution in [0.3, 0.4) is 0 Å². The number of carboxylic acids is 2. The van der Waals surface area contributed by atoms with E-state index in [4.69, 9.17) is 51.1 Å². The number of nitrogens with zero attached hydrogens (tertiary/aromatic N) is 2. The average Bonchev–Trinajstić information content (AvgIpc) is 3.16. The number of aromatic hydroxyl groups is 2. The summed E-state index contributed by atoms with van der Waals surface area (Å²) in [6.45, 7) is -0.0352. The van der Waals surface area contributed by atoms with Gasteiger partial charge in [0, 0.05) is 23.5 Å². The SMILES string of the molecule is Cc1ncc(COP(=O)([O-])[O-])c(C=O)c1O.Cc1ncc(COP(=O)([O-])[O-])c(C=O)c1O.O=C([O-])[C@H](O)[C@@H](O)[C@H](O)[C@H](O)CO.O=C([O-])[C@H](O)[C@@H](O)[C@H](O)[C@H](O)CO.[Cu+2].[Cu+2].[Cu+2]. The van der Waals surface area contributed by atoms with Gasteiger partial charge in [-0.2, -0.15) is 0 Å². The van der Waals surface area contributed by atoms with Crippen molar-refractivity contribution in [2.24, 2.45) is 0 Å². The van der Waals surface area contributed by atoms with E-state index in [1.165, 1.54) is 13.8 Å². The molecule has 0 aliphatic carbocycles. The van der Waals surface area contributed by atoms with Crippen LogP contribution in [0.5, 0.6) is 11.5 Å². The van der Waals surface area contributed by atoms with Crippen LogP contribution >= 0.6 is 15.6 Å². The van der Waals surface area contributed by atoms with Crippen molar-refractivity contribution in [1.29, 1.82) is 0 Å². The number of aromatic nitrogens is 2. The summed E-state index contributed by atoms with van der Waals surface area (Å²) in [4.78, 5) is 89.6. The zero-order valence-corrected chi connectivity index (χ0v) is 35.1. The molecule has 0 bridgehead atoms. The number of phosphoric ester groups is 2. The minimum absolute atomic E-state index is 0. The van der Waals surface area contributed by atoms with Crippen molar-refractivity contribution in [1.82, 2.24) is 9.97 Å². The molecular weight excluding hydrogens is 1030 g/mol. The summed E-state index contributed by atoms with van der Waals surface area (Å²) in [6, 6.07) is 0. The number of aryl methyl sites for hydroxylation is 2. The topological polar surface area (TPSA) is 528 Å². The fourth-order valence-electron chi connectivity index (χ4n) is 3.42. The molecule has 0 aromatic carbocycles. The van der Waals surface area contributed by atoms with Gasteiger partial charge in [0.15, 0.2) is 12.6 Å². The third kappa shape index (κ3) is 25.4. The van der Waals surface area contributed by atoms with E-state index in [1.807, 2.05) is 0 Å². The Hall–Kier alpha value is -2.44. The molecule has 12 N–H and O–H groups in total. The van der Waals surface area contributed by atoms with Gasteiger partial charge in [-0.05, 0) is 13.8 Å². The fourth-order valence-corrected chi connectivity index (χ4v) is 4.01. The fraction of sp³-hybridized carbons (Fsp3) is 0.500. The van der Waals surface area contributed by atoms with Crippen LogP contribution in [0.1, 0.15) is 43.2 Å². The van der Waals surface area contributed by atoms with Gasteiger partial charge >= 0.3 is 51.2 Å². The van der Waals surface area contributed by atoms with E-state index in [2.05, 4.69) is 19.0 Å². The van der Waals surface area contributed by atoms with Crippen molar-refractivity contribution in [3.05, 3.63) is 46.0 Å². The van der Waals surface area contributed by atoms with E-state index in [9.17, 15) is 68.3 Å². The van der Waals surface area contributed by atoms with Crippen molar-refractivity contribution < 1.29 is 180 Å². The van der Waals surface area contributed by atoms with Crippen molar-refractivity contribution in [2.75, 3.05) is 13.2 Å². The Morgan fingerprint density at radius 2 is 0.885 bits per heavy atom. The molecule has 28 nitrogen and oxygen atoms in total. The third-order valence-electron chi connectivity index (χ3n) is 6.70. The van der Waals surface area contributed by atoms with Gasteiger partial charge in [-0.3, -0.25) is 19.6 Å². The molecule has 2 aromatic rings. The summed E-state index contributed by atoms with van der Waals surface area (Å²) in [6.07, 6.45) is -13.2. The quantitative estimate of drug-likeness (QED) is 0.0375. The molecule has 2 rings (SSSR count). The zero-order chi connectivity index (χ0) is 45.9. The van der Waals surface area contributed by atoms with Crippen LogP contribution in [0.4, 0.5) is 0 Å². The van der Waals surface area contributed by atoms with E-state index < -0.39 is 103 Å².